The van der Waals surface area contributed by atoms with E-state index < -0.39 is 27.9 Å². The first kappa shape index (κ1) is 22.8. The second-order valence-electron chi connectivity index (χ2n) is 8.17. The molecule has 32 heavy (non-hydrogen) atoms. The third kappa shape index (κ3) is 5.01. The summed E-state index contributed by atoms with van der Waals surface area (Å²) in [6, 6.07) is 7.47. The normalized spacial score (nSPS) is 24.2. The number of hydrogen-bond donors (Lipinski definition) is 3. The number of sulfonamides is 1. The zero-order chi connectivity index (χ0) is 22.7. The van der Waals surface area contributed by atoms with E-state index in [1.807, 2.05) is 0 Å². The molecule has 0 aliphatic carbocycles. The van der Waals surface area contributed by atoms with Crippen molar-refractivity contribution in [3.05, 3.63) is 46.4 Å². The Morgan fingerprint density at radius 2 is 1.97 bits per heavy atom. The second-order valence-corrected chi connectivity index (χ2v) is 11.0. The molecule has 3 N–H and O–H groups in total. The molecule has 1 aromatic carbocycles. The Morgan fingerprint density at radius 1 is 1.19 bits per heavy atom. The number of nitrogens with zero attached hydrogens (tertiary/aromatic N) is 2. The second kappa shape index (κ2) is 9.65. The third-order valence-corrected chi connectivity index (χ3v) is 8.58. The van der Waals surface area contributed by atoms with Gasteiger partial charge in [-0.25, -0.2) is 13.4 Å². The van der Waals surface area contributed by atoms with Crippen molar-refractivity contribution in [2.75, 3.05) is 26.2 Å². The van der Waals surface area contributed by atoms with Gasteiger partial charge in [0.2, 0.25) is 15.9 Å². The summed E-state index contributed by atoms with van der Waals surface area (Å²) in [7, 11) is -3.79. The van der Waals surface area contributed by atoms with Crippen molar-refractivity contribution >= 4 is 33.2 Å². The van der Waals surface area contributed by atoms with E-state index in [-0.39, 0.29) is 29.9 Å². The van der Waals surface area contributed by atoms with Crippen molar-refractivity contribution < 1.29 is 18.0 Å². The number of rotatable bonds is 6. The van der Waals surface area contributed by atoms with E-state index in [0.29, 0.717) is 11.6 Å². The monoisotopic (exact) mass is 477 g/mol. The predicted octanol–water partition coefficient (Wildman–Crippen LogP) is 0.739. The molecule has 2 aliphatic rings. The quantitative estimate of drug-likeness (QED) is 0.564. The van der Waals surface area contributed by atoms with Gasteiger partial charge in [0.1, 0.15) is 0 Å². The number of carbonyl (C=O) groups excluding carboxylic acids is 2. The average Bonchev–Trinajstić information content (AvgIpc) is 3.42. The Kier molecular flexibility index (Phi) is 6.89. The molecule has 2 aromatic rings. The molecule has 4 rings (SSSR count). The Morgan fingerprint density at radius 3 is 2.62 bits per heavy atom. The van der Waals surface area contributed by atoms with E-state index in [9.17, 15) is 18.0 Å². The van der Waals surface area contributed by atoms with E-state index in [0.717, 1.165) is 25.1 Å². The van der Waals surface area contributed by atoms with Crippen LogP contribution >= 0.6 is 11.3 Å². The lowest BCUT2D eigenvalue weighted by molar-refractivity contribution is -0.125. The van der Waals surface area contributed by atoms with Crippen LogP contribution in [0.4, 0.5) is 0 Å². The number of benzene rings is 1. The van der Waals surface area contributed by atoms with Gasteiger partial charge in [-0.3, -0.25) is 9.59 Å². The van der Waals surface area contributed by atoms with Gasteiger partial charge in [-0.2, -0.15) is 4.31 Å². The van der Waals surface area contributed by atoms with Gasteiger partial charge in [0.25, 0.3) is 5.91 Å². The van der Waals surface area contributed by atoms with Crippen molar-refractivity contribution in [2.45, 2.75) is 36.7 Å². The zero-order valence-corrected chi connectivity index (χ0v) is 19.4. The predicted molar refractivity (Wildman–Crippen MR) is 121 cm³/mol. The summed E-state index contributed by atoms with van der Waals surface area (Å²) < 4.78 is 27.6. The molecule has 2 aliphatic heterocycles. The van der Waals surface area contributed by atoms with Crippen LogP contribution in [0.2, 0.25) is 0 Å². The van der Waals surface area contributed by atoms with Crippen molar-refractivity contribution in [1.82, 2.24) is 25.2 Å². The fourth-order valence-electron chi connectivity index (χ4n) is 4.09. The Labute approximate surface area is 191 Å². The molecule has 9 nitrogen and oxygen atoms in total. The summed E-state index contributed by atoms with van der Waals surface area (Å²) in [4.78, 5) is 30.2. The molecule has 0 radical (unpaired) electrons. The molecule has 3 heterocycles. The van der Waals surface area contributed by atoms with Crippen LogP contribution in [0.25, 0.3) is 0 Å². The van der Waals surface area contributed by atoms with Gasteiger partial charge in [0.05, 0.1) is 16.9 Å². The first-order chi connectivity index (χ1) is 15.3. The highest BCUT2D eigenvalue weighted by molar-refractivity contribution is 7.89. The molecule has 0 bridgehead atoms. The standard InChI is InChI=1S/C21H27N5O4S2/c1-14-13-31-21(23-14)20(28)25-18-12-26(32(29,30)16-7-3-2-4-8-16)11-17(18)19(27)24-15-6-5-9-22-10-15/h2-4,7-8,13,15,17-18,22H,5-6,9-12H2,1H3,(H,24,27)(H,25,28)/t15-,17-,18-/m0/s1. The highest BCUT2D eigenvalue weighted by atomic mass is 32.2. The first-order valence-corrected chi connectivity index (χ1v) is 13.0. The molecular weight excluding hydrogens is 450 g/mol. The van der Waals surface area contributed by atoms with Crippen LogP contribution in [0.1, 0.15) is 28.3 Å². The van der Waals surface area contributed by atoms with Crippen LogP contribution in [-0.2, 0) is 14.8 Å². The van der Waals surface area contributed by atoms with Crippen LogP contribution < -0.4 is 16.0 Å². The van der Waals surface area contributed by atoms with Crippen LogP contribution in [0, 0.1) is 12.8 Å². The molecule has 1 aromatic heterocycles. The third-order valence-electron chi connectivity index (χ3n) is 5.78. The number of thiazole rings is 1. The molecule has 172 valence electrons. The van der Waals surface area contributed by atoms with Gasteiger partial charge in [-0.05, 0) is 38.4 Å². The summed E-state index contributed by atoms with van der Waals surface area (Å²) in [6.45, 7) is 3.43. The maximum absolute atomic E-state index is 13.2. The Balaban J connectivity index is 1.54. The summed E-state index contributed by atoms with van der Waals surface area (Å²) in [5.74, 6) is -1.34. The van der Waals surface area contributed by atoms with Crippen LogP contribution in [0.5, 0.6) is 0 Å². The molecule has 0 spiro atoms. The Bertz CT molecular complexity index is 1070. The minimum absolute atomic E-state index is 0.00501. The number of aromatic nitrogens is 1. The van der Waals surface area contributed by atoms with E-state index in [2.05, 4.69) is 20.9 Å². The number of piperidine rings is 1. The van der Waals surface area contributed by atoms with E-state index in [4.69, 9.17) is 0 Å². The lowest BCUT2D eigenvalue weighted by Crippen LogP contribution is -2.51. The van der Waals surface area contributed by atoms with Crippen LogP contribution in [-0.4, -0.2) is 67.8 Å². The maximum Gasteiger partial charge on any atom is 0.280 e. The van der Waals surface area contributed by atoms with Crippen molar-refractivity contribution in [3.8, 4) is 0 Å². The van der Waals surface area contributed by atoms with Crippen LogP contribution in [0.15, 0.2) is 40.6 Å². The van der Waals surface area contributed by atoms with Gasteiger partial charge in [0.15, 0.2) is 5.01 Å². The fourth-order valence-corrected chi connectivity index (χ4v) is 6.30. The summed E-state index contributed by atoms with van der Waals surface area (Å²) >= 11 is 1.22. The molecule has 11 heteroatoms. The molecular formula is C21H27N5O4S2. The highest BCUT2D eigenvalue weighted by Crippen LogP contribution is 2.26. The average molecular weight is 478 g/mol. The molecule has 0 saturated carbocycles. The Hall–Kier alpha value is -2.34. The van der Waals surface area contributed by atoms with Crippen molar-refractivity contribution in [2.24, 2.45) is 5.92 Å². The smallest absolute Gasteiger partial charge is 0.280 e. The van der Waals surface area contributed by atoms with Gasteiger partial charge >= 0.3 is 0 Å². The zero-order valence-electron chi connectivity index (χ0n) is 17.8. The highest BCUT2D eigenvalue weighted by Gasteiger charge is 2.44. The van der Waals surface area contributed by atoms with E-state index >= 15 is 0 Å². The van der Waals surface area contributed by atoms with Crippen LogP contribution in [0.3, 0.4) is 0 Å². The van der Waals surface area contributed by atoms with Gasteiger partial charge in [-0.15, -0.1) is 11.3 Å². The topological polar surface area (TPSA) is 121 Å². The van der Waals surface area contributed by atoms with Gasteiger partial charge < -0.3 is 16.0 Å². The number of aryl methyl sites for hydroxylation is 1. The molecule has 0 unspecified atom stereocenters. The number of amides is 2. The fraction of sp³-hybridized carbons (Fsp3) is 0.476. The minimum Gasteiger partial charge on any atom is -0.352 e. The maximum atomic E-state index is 13.2. The lowest BCUT2D eigenvalue weighted by atomic mass is 10.0. The molecule has 2 amide bonds. The van der Waals surface area contributed by atoms with Crippen molar-refractivity contribution in [1.29, 1.82) is 0 Å². The van der Waals surface area contributed by atoms with Gasteiger partial charge in [0, 0.05) is 36.8 Å². The SMILES string of the molecule is Cc1csc(C(=O)N[C@H]2CN(S(=O)(=O)c3ccccc3)C[C@@H]2C(=O)N[C@H]2CCCNC2)n1. The first-order valence-electron chi connectivity index (χ1n) is 10.6. The largest absolute Gasteiger partial charge is 0.352 e. The van der Waals surface area contributed by atoms with E-state index in [1.54, 1.807) is 30.5 Å². The minimum atomic E-state index is -3.79. The molecule has 2 fully saturated rings. The number of nitrogens with one attached hydrogen (secondary N) is 3. The number of carbonyl (C=O) groups is 2. The molecule has 2 saturated heterocycles. The number of hydrogen-bond acceptors (Lipinski definition) is 7. The van der Waals surface area contributed by atoms with E-state index in [1.165, 1.54) is 27.8 Å². The molecule has 3 atom stereocenters. The summed E-state index contributed by atoms with van der Waals surface area (Å²) in [5.41, 5.74) is 0.735. The summed E-state index contributed by atoms with van der Waals surface area (Å²) in [6.07, 6.45) is 1.83. The lowest BCUT2D eigenvalue weighted by Gasteiger charge is -2.26. The van der Waals surface area contributed by atoms with Crippen molar-refractivity contribution in [3.63, 3.8) is 0 Å². The summed E-state index contributed by atoms with van der Waals surface area (Å²) in [5, 5.41) is 11.2. The van der Waals surface area contributed by atoms with Gasteiger partial charge in [-0.1, -0.05) is 18.2 Å².